The van der Waals surface area contributed by atoms with E-state index in [2.05, 4.69) is 10.6 Å². The average Bonchev–Trinajstić information content (AvgIpc) is 3.28. The van der Waals surface area contributed by atoms with E-state index in [1.165, 1.54) is 12.1 Å². The Morgan fingerprint density at radius 1 is 1.09 bits per heavy atom. The molecule has 2 N–H and O–H groups in total. The monoisotopic (exact) mass is 458 g/mol. The highest BCUT2D eigenvalue weighted by atomic mass is 32.2. The summed E-state index contributed by atoms with van der Waals surface area (Å²) in [6.45, 7) is 0.861. The number of sulfone groups is 1. The lowest BCUT2D eigenvalue weighted by atomic mass is 9.96. The Labute approximate surface area is 185 Å². The van der Waals surface area contributed by atoms with E-state index in [1.54, 1.807) is 36.3 Å². The van der Waals surface area contributed by atoms with Crippen LogP contribution in [-0.4, -0.2) is 51.4 Å². The minimum Gasteiger partial charge on any atom is -0.457 e. The van der Waals surface area contributed by atoms with Gasteiger partial charge < -0.3 is 24.8 Å². The van der Waals surface area contributed by atoms with Gasteiger partial charge in [0.2, 0.25) is 12.7 Å². The van der Waals surface area contributed by atoms with E-state index < -0.39 is 20.5 Å². The first-order valence-electron chi connectivity index (χ1n) is 10.1. The first kappa shape index (κ1) is 21.9. The van der Waals surface area contributed by atoms with Crippen LogP contribution in [0.3, 0.4) is 0 Å². The Kier molecular flexibility index (Phi) is 6.18. The molecule has 10 heteroatoms. The summed E-state index contributed by atoms with van der Waals surface area (Å²) in [6, 6.07) is 11.1. The maximum Gasteiger partial charge on any atom is 0.242 e. The lowest BCUT2D eigenvalue weighted by Gasteiger charge is -2.35. The van der Waals surface area contributed by atoms with Gasteiger partial charge in [-0.15, -0.1) is 0 Å². The van der Waals surface area contributed by atoms with Crippen LogP contribution in [0.2, 0.25) is 0 Å². The molecule has 32 heavy (non-hydrogen) atoms. The van der Waals surface area contributed by atoms with Gasteiger partial charge in [-0.25, -0.2) is 13.2 Å². The van der Waals surface area contributed by atoms with Gasteiger partial charge in [-0.3, -0.25) is 4.79 Å². The molecule has 0 saturated carbocycles. The predicted molar refractivity (Wildman–Crippen MR) is 114 cm³/mol. The zero-order chi connectivity index (χ0) is 22.6. The molecule has 0 radical (unpaired) electrons. The second kappa shape index (κ2) is 9.04. The SMILES string of the molecule is O=C=CCNC(=O)C1(S(=O)(=O)c2ccc(Oc3ccc4c(c3)OCO4)cc2)CCNCC1. The molecule has 1 amide bonds. The Bertz CT molecular complexity index is 1150. The molecule has 0 spiro atoms. The Morgan fingerprint density at radius 3 is 2.50 bits per heavy atom. The second-order valence-electron chi connectivity index (χ2n) is 7.37. The van der Waals surface area contributed by atoms with E-state index >= 15 is 0 Å². The fraction of sp³-hybridized carbons (Fsp3) is 0.318. The van der Waals surface area contributed by atoms with Crippen molar-refractivity contribution in [2.45, 2.75) is 22.5 Å². The molecule has 1 saturated heterocycles. The minimum absolute atomic E-state index is 0.0264. The number of ether oxygens (including phenoxy) is 3. The lowest BCUT2D eigenvalue weighted by molar-refractivity contribution is -0.124. The fourth-order valence-electron chi connectivity index (χ4n) is 3.78. The van der Waals surface area contributed by atoms with Gasteiger partial charge in [0.15, 0.2) is 26.1 Å². The van der Waals surface area contributed by atoms with Gasteiger partial charge in [0.05, 0.1) is 4.90 Å². The quantitative estimate of drug-likeness (QED) is 0.601. The molecule has 2 aromatic rings. The van der Waals surface area contributed by atoms with E-state index in [4.69, 9.17) is 14.2 Å². The van der Waals surface area contributed by atoms with Crippen LogP contribution in [-0.2, 0) is 19.4 Å². The Hall–Kier alpha value is -3.33. The highest BCUT2D eigenvalue weighted by molar-refractivity contribution is 7.93. The van der Waals surface area contributed by atoms with Crippen molar-refractivity contribution in [2.24, 2.45) is 0 Å². The largest absolute Gasteiger partial charge is 0.457 e. The van der Waals surface area contributed by atoms with Crippen molar-refractivity contribution in [3.63, 3.8) is 0 Å². The van der Waals surface area contributed by atoms with Crippen molar-refractivity contribution < 1.29 is 32.2 Å². The number of rotatable bonds is 7. The third kappa shape index (κ3) is 4.08. The van der Waals surface area contributed by atoms with Gasteiger partial charge in [0.1, 0.15) is 17.4 Å². The maximum absolute atomic E-state index is 13.5. The molecular weight excluding hydrogens is 436 g/mol. The van der Waals surface area contributed by atoms with Crippen LogP contribution in [0.5, 0.6) is 23.0 Å². The van der Waals surface area contributed by atoms with Gasteiger partial charge in [-0.1, -0.05) is 0 Å². The number of carbonyl (C=O) groups is 1. The smallest absolute Gasteiger partial charge is 0.242 e. The number of nitrogens with one attached hydrogen (secondary N) is 2. The van der Waals surface area contributed by atoms with Gasteiger partial charge in [0.25, 0.3) is 0 Å². The molecule has 0 aromatic heterocycles. The summed E-state index contributed by atoms with van der Waals surface area (Å²) in [6.07, 6.45) is 1.35. The third-order valence-corrected chi connectivity index (χ3v) is 8.02. The number of hydrogen-bond acceptors (Lipinski definition) is 8. The van der Waals surface area contributed by atoms with Gasteiger partial charge in [-0.05, 0) is 62.3 Å². The Balaban J connectivity index is 1.56. The molecule has 0 unspecified atom stereocenters. The molecule has 2 aliphatic rings. The zero-order valence-electron chi connectivity index (χ0n) is 17.1. The highest BCUT2D eigenvalue weighted by Crippen LogP contribution is 2.38. The molecule has 2 aromatic carbocycles. The number of amides is 1. The normalized spacial score (nSPS) is 16.6. The molecule has 168 valence electrons. The molecule has 0 aliphatic carbocycles. The summed E-state index contributed by atoms with van der Waals surface area (Å²) in [5.41, 5.74) is 0. The van der Waals surface area contributed by atoms with Crippen molar-refractivity contribution in [2.75, 3.05) is 26.4 Å². The standard InChI is InChI=1S/C22H22N2O7S/c25-13-1-10-24-21(26)22(8-11-23-12-9-22)32(27,28)18-5-2-16(3-6-18)31-17-4-7-19-20(14-17)30-15-29-19/h1-7,14,23H,8-12,15H2,(H,24,26). The van der Waals surface area contributed by atoms with Crippen LogP contribution >= 0.6 is 0 Å². The topological polar surface area (TPSA) is 120 Å². The predicted octanol–water partition coefficient (Wildman–Crippen LogP) is 1.61. The van der Waals surface area contributed by atoms with Crippen molar-refractivity contribution in [3.8, 4) is 23.0 Å². The lowest BCUT2D eigenvalue weighted by Crippen LogP contribution is -2.57. The van der Waals surface area contributed by atoms with E-state index in [0.29, 0.717) is 36.1 Å². The molecule has 2 aliphatic heterocycles. The van der Waals surface area contributed by atoms with Crippen LogP contribution in [0.25, 0.3) is 0 Å². The number of piperidine rings is 1. The van der Waals surface area contributed by atoms with Crippen molar-refractivity contribution in [1.29, 1.82) is 0 Å². The molecule has 1 fully saturated rings. The highest BCUT2D eigenvalue weighted by Gasteiger charge is 2.51. The minimum atomic E-state index is -4.01. The molecule has 2 heterocycles. The van der Waals surface area contributed by atoms with Crippen LogP contribution in [0.15, 0.2) is 53.4 Å². The summed E-state index contributed by atoms with van der Waals surface area (Å²) in [5, 5.41) is 5.61. The Morgan fingerprint density at radius 2 is 1.78 bits per heavy atom. The summed E-state index contributed by atoms with van der Waals surface area (Å²) in [4.78, 5) is 23.3. The zero-order valence-corrected chi connectivity index (χ0v) is 17.9. The molecule has 9 nitrogen and oxygen atoms in total. The van der Waals surface area contributed by atoms with Crippen LogP contribution < -0.4 is 24.8 Å². The van der Waals surface area contributed by atoms with E-state index in [9.17, 15) is 18.0 Å². The summed E-state index contributed by atoms with van der Waals surface area (Å²) < 4.78 is 41.8. The van der Waals surface area contributed by atoms with Gasteiger partial charge in [-0.2, -0.15) is 0 Å². The molecule has 4 rings (SSSR count). The van der Waals surface area contributed by atoms with E-state index in [-0.39, 0.29) is 31.1 Å². The molecule has 0 bridgehead atoms. The van der Waals surface area contributed by atoms with E-state index in [0.717, 1.165) is 6.08 Å². The van der Waals surface area contributed by atoms with Crippen LogP contribution in [0, 0.1) is 0 Å². The number of fused-ring (bicyclic) bond motifs is 1. The summed E-state index contributed by atoms with van der Waals surface area (Å²) >= 11 is 0. The molecule has 0 atom stereocenters. The second-order valence-corrected chi connectivity index (χ2v) is 9.63. The maximum atomic E-state index is 13.5. The third-order valence-electron chi connectivity index (χ3n) is 5.50. The first-order chi connectivity index (χ1) is 15.5. The number of carbonyl (C=O) groups excluding carboxylic acids is 2. The van der Waals surface area contributed by atoms with Crippen LogP contribution in [0.4, 0.5) is 0 Å². The van der Waals surface area contributed by atoms with E-state index in [1.807, 2.05) is 0 Å². The number of benzene rings is 2. The van der Waals surface area contributed by atoms with Gasteiger partial charge >= 0.3 is 0 Å². The number of hydrogen-bond donors (Lipinski definition) is 2. The summed E-state index contributed by atoms with van der Waals surface area (Å²) in [7, 11) is -4.01. The summed E-state index contributed by atoms with van der Waals surface area (Å²) in [5.74, 6) is 3.10. The van der Waals surface area contributed by atoms with Crippen LogP contribution in [0.1, 0.15) is 12.8 Å². The average molecular weight is 458 g/mol. The van der Waals surface area contributed by atoms with Crippen molar-refractivity contribution in [3.05, 3.63) is 48.5 Å². The fourth-order valence-corrected chi connectivity index (χ4v) is 5.79. The molecular formula is C22H22N2O7S. The van der Waals surface area contributed by atoms with Crippen molar-refractivity contribution >= 4 is 21.7 Å². The first-order valence-corrected chi connectivity index (χ1v) is 11.6. The van der Waals surface area contributed by atoms with Crippen molar-refractivity contribution in [1.82, 2.24) is 10.6 Å². The van der Waals surface area contributed by atoms with Gasteiger partial charge in [0, 0.05) is 18.7 Å².